The lowest BCUT2D eigenvalue weighted by atomic mass is 10.1. The lowest BCUT2D eigenvalue weighted by Gasteiger charge is -2.21. The molecule has 5 nitrogen and oxygen atoms in total. The van der Waals surface area contributed by atoms with Crippen molar-refractivity contribution >= 4 is 11.8 Å². The Morgan fingerprint density at radius 2 is 1.77 bits per heavy atom. The Hall–Kier alpha value is -1.88. The van der Waals surface area contributed by atoms with Gasteiger partial charge in [-0.05, 0) is 39.5 Å². The Morgan fingerprint density at radius 3 is 2.32 bits per heavy atom. The average Bonchev–Trinajstić information content (AvgIpc) is 2.45. The van der Waals surface area contributed by atoms with E-state index >= 15 is 0 Å². The third kappa shape index (κ3) is 7.22. The molecule has 0 heterocycles. The van der Waals surface area contributed by atoms with Gasteiger partial charge in [-0.15, -0.1) is 0 Å². The zero-order valence-electron chi connectivity index (χ0n) is 14.1. The second kappa shape index (κ2) is 9.20. The van der Waals surface area contributed by atoms with Gasteiger partial charge < -0.3 is 15.1 Å². The quantitative estimate of drug-likeness (QED) is 0.739. The smallest absolute Gasteiger partial charge is 0.239 e. The van der Waals surface area contributed by atoms with Crippen molar-refractivity contribution in [2.45, 2.75) is 26.8 Å². The van der Waals surface area contributed by atoms with E-state index in [1.54, 1.807) is 4.90 Å². The van der Waals surface area contributed by atoms with Gasteiger partial charge in [0.25, 0.3) is 0 Å². The van der Waals surface area contributed by atoms with Crippen LogP contribution in [0, 0.1) is 6.92 Å². The fraction of sp³-hybridized carbons (Fsp3) is 0.529. The molecule has 22 heavy (non-hydrogen) atoms. The molecule has 5 heteroatoms. The molecule has 0 saturated carbocycles. The third-order valence-corrected chi connectivity index (χ3v) is 3.38. The summed E-state index contributed by atoms with van der Waals surface area (Å²) >= 11 is 0. The van der Waals surface area contributed by atoms with Crippen LogP contribution < -0.4 is 5.32 Å². The van der Waals surface area contributed by atoms with Crippen LogP contribution >= 0.6 is 0 Å². The number of carbonyl (C=O) groups excluding carboxylic acids is 2. The van der Waals surface area contributed by atoms with Crippen LogP contribution in [-0.4, -0.2) is 55.3 Å². The van der Waals surface area contributed by atoms with Gasteiger partial charge in [-0.2, -0.15) is 0 Å². The molecule has 0 aliphatic heterocycles. The van der Waals surface area contributed by atoms with Crippen LogP contribution in [0.5, 0.6) is 0 Å². The van der Waals surface area contributed by atoms with Crippen LogP contribution in [0.1, 0.15) is 24.5 Å². The van der Waals surface area contributed by atoms with E-state index < -0.39 is 0 Å². The van der Waals surface area contributed by atoms with Crippen LogP contribution in [0.2, 0.25) is 0 Å². The van der Waals surface area contributed by atoms with Crippen molar-refractivity contribution in [3.8, 4) is 0 Å². The van der Waals surface area contributed by atoms with Crippen molar-refractivity contribution in [2.24, 2.45) is 0 Å². The highest BCUT2D eigenvalue weighted by atomic mass is 16.2. The first-order valence-electron chi connectivity index (χ1n) is 7.61. The zero-order valence-corrected chi connectivity index (χ0v) is 14.1. The van der Waals surface area contributed by atoms with E-state index in [9.17, 15) is 9.59 Å². The van der Waals surface area contributed by atoms with Crippen molar-refractivity contribution in [3.05, 3.63) is 35.4 Å². The van der Waals surface area contributed by atoms with Gasteiger partial charge in [0.05, 0.1) is 6.54 Å². The number of nitrogens with zero attached hydrogens (tertiary/aromatic N) is 2. The number of rotatable bonds is 8. The first kappa shape index (κ1) is 18.2. The molecule has 0 aliphatic carbocycles. The molecule has 2 amide bonds. The van der Waals surface area contributed by atoms with E-state index in [1.165, 1.54) is 12.5 Å². The number of amides is 2. The Bertz CT molecular complexity index is 483. The maximum atomic E-state index is 11.9. The van der Waals surface area contributed by atoms with Crippen molar-refractivity contribution in [2.75, 3.05) is 33.7 Å². The SMILES string of the molecule is CC(=O)N(CC(=O)NCCCN(C)C)Cc1ccc(C)cc1. The number of nitrogens with one attached hydrogen (secondary N) is 1. The molecule has 1 aromatic carbocycles. The lowest BCUT2D eigenvalue weighted by Crippen LogP contribution is -2.40. The fourth-order valence-corrected chi connectivity index (χ4v) is 2.04. The summed E-state index contributed by atoms with van der Waals surface area (Å²) in [6.07, 6.45) is 0.900. The van der Waals surface area contributed by atoms with Crippen molar-refractivity contribution in [1.82, 2.24) is 15.1 Å². The van der Waals surface area contributed by atoms with Crippen molar-refractivity contribution < 1.29 is 9.59 Å². The molecule has 122 valence electrons. The predicted molar refractivity (Wildman–Crippen MR) is 88.5 cm³/mol. The van der Waals surface area contributed by atoms with Gasteiger partial charge in [0.1, 0.15) is 0 Å². The fourth-order valence-electron chi connectivity index (χ4n) is 2.04. The zero-order chi connectivity index (χ0) is 16.5. The van der Waals surface area contributed by atoms with Gasteiger partial charge >= 0.3 is 0 Å². The minimum atomic E-state index is -0.110. The van der Waals surface area contributed by atoms with E-state index in [0.29, 0.717) is 13.1 Å². The summed E-state index contributed by atoms with van der Waals surface area (Å²) in [6, 6.07) is 7.99. The van der Waals surface area contributed by atoms with Gasteiger partial charge in [0.15, 0.2) is 0 Å². The number of hydrogen-bond donors (Lipinski definition) is 1. The van der Waals surface area contributed by atoms with Gasteiger partial charge in [0.2, 0.25) is 11.8 Å². The minimum Gasteiger partial charge on any atom is -0.355 e. The van der Waals surface area contributed by atoms with Gasteiger partial charge in [-0.1, -0.05) is 29.8 Å². The summed E-state index contributed by atoms with van der Waals surface area (Å²) in [5, 5.41) is 2.86. The molecule has 1 N–H and O–H groups in total. The number of aryl methyl sites for hydroxylation is 1. The maximum Gasteiger partial charge on any atom is 0.239 e. The van der Waals surface area contributed by atoms with Crippen LogP contribution in [0.15, 0.2) is 24.3 Å². The number of benzene rings is 1. The van der Waals surface area contributed by atoms with Gasteiger partial charge in [-0.3, -0.25) is 9.59 Å². The van der Waals surface area contributed by atoms with Crippen LogP contribution in [0.4, 0.5) is 0 Å². The lowest BCUT2D eigenvalue weighted by molar-refractivity contribution is -0.134. The number of hydrogen-bond acceptors (Lipinski definition) is 3. The molecule has 0 spiro atoms. The second-order valence-corrected chi connectivity index (χ2v) is 5.87. The molecular weight excluding hydrogens is 278 g/mol. The molecule has 0 unspecified atom stereocenters. The largest absolute Gasteiger partial charge is 0.355 e. The Labute approximate surface area is 133 Å². The van der Waals surface area contributed by atoms with Crippen molar-refractivity contribution in [1.29, 1.82) is 0 Å². The summed E-state index contributed by atoms with van der Waals surface area (Å²) in [7, 11) is 4.00. The molecule has 0 fully saturated rings. The van der Waals surface area contributed by atoms with E-state index in [0.717, 1.165) is 18.5 Å². The van der Waals surface area contributed by atoms with Crippen molar-refractivity contribution in [3.63, 3.8) is 0 Å². The summed E-state index contributed by atoms with van der Waals surface area (Å²) < 4.78 is 0. The summed E-state index contributed by atoms with van der Waals surface area (Å²) in [6.45, 7) is 5.64. The maximum absolute atomic E-state index is 11.9. The predicted octanol–water partition coefficient (Wildman–Crippen LogP) is 1.41. The average molecular weight is 305 g/mol. The highest BCUT2D eigenvalue weighted by Gasteiger charge is 2.13. The monoisotopic (exact) mass is 305 g/mol. The van der Waals surface area contributed by atoms with Gasteiger partial charge in [0, 0.05) is 20.0 Å². The van der Waals surface area contributed by atoms with E-state index in [2.05, 4.69) is 10.2 Å². The molecule has 0 bridgehead atoms. The highest BCUT2D eigenvalue weighted by Crippen LogP contribution is 2.07. The minimum absolute atomic E-state index is 0.0935. The molecule has 0 radical (unpaired) electrons. The molecule has 0 aromatic heterocycles. The van der Waals surface area contributed by atoms with Gasteiger partial charge in [-0.25, -0.2) is 0 Å². The van der Waals surface area contributed by atoms with E-state index in [4.69, 9.17) is 0 Å². The standard InChI is InChI=1S/C17H27N3O2/c1-14-6-8-16(9-7-14)12-20(15(2)21)13-17(22)18-10-5-11-19(3)4/h6-9H,5,10-13H2,1-4H3,(H,18,22). The molecule has 0 saturated heterocycles. The third-order valence-electron chi connectivity index (χ3n) is 3.38. The highest BCUT2D eigenvalue weighted by molar-refractivity contribution is 5.83. The topological polar surface area (TPSA) is 52.7 Å². The first-order chi connectivity index (χ1) is 10.4. The summed E-state index contributed by atoms with van der Waals surface area (Å²) in [5.41, 5.74) is 2.21. The van der Waals surface area contributed by atoms with Crippen LogP contribution in [-0.2, 0) is 16.1 Å². The Kier molecular flexibility index (Phi) is 7.60. The molecular formula is C17H27N3O2. The van der Waals surface area contributed by atoms with Crippen LogP contribution in [0.25, 0.3) is 0 Å². The van der Waals surface area contributed by atoms with E-state index in [-0.39, 0.29) is 18.4 Å². The van der Waals surface area contributed by atoms with E-state index in [1.807, 2.05) is 45.3 Å². The molecule has 1 aromatic rings. The first-order valence-corrected chi connectivity index (χ1v) is 7.61. The normalized spacial score (nSPS) is 10.6. The summed E-state index contributed by atoms with van der Waals surface area (Å²) in [5.74, 6) is -0.204. The number of carbonyl (C=O) groups is 2. The molecule has 0 atom stereocenters. The Morgan fingerprint density at radius 1 is 1.14 bits per heavy atom. The molecule has 0 aliphatic rings. The van der Waals surface area contributed by atoms with Crippen LogP contribution in [0.3, 0.4) is 0 Å². The second-order valence-electron chi connectivity index (χ2n) is 5.87. The molecule has 1 rings (SSSR count). The summed E-state index contributed by atoms with van der Waals surface area (Å²) in [4.78, 5) is 27.3. The Balaban J connectivity index is 2.45.